The predicted octanol–water partition coefficient (Wildman–Crippen LogP) is 3.88. The van der Waals surface area contributed by atoms with Crippen LogP contribution in [0.2, 0.25) is 0 Å². The Balaban J connectivity index is 1.93. The minimum atomic E-state index is -0.0336. The smallest absolute Gasteiger partial charge is 0.222 e. The highest BCUT2D eigenvalue weighted by Gasteiger charge is 2.29. The van der Waals surface area contributed by atoms with Gasteiger partial charge in [-0.1, -0.05) is 43.7 Å². The number of nitrogens with one attached hydrogen (secondary N) is 1. The molecule has 1 amide bonds. The molecule has 0 bridgehead atoms. The molecule has 29 heavy (non-hydrogen) atoms. The number of hydrogen-bond donors (Lipinski definition) is 1. The highest BCUT2D eigenvalue weighted by molar-refractivity contribution is 5.77. The Morgan fingerprint density at radius 2 is 1.90 bits per heavy atom. The topological polar surface area (TPSA) is 50.8 Å². The van der Waals surface area contributed by atoms with Crippen LogP contribution in [0.25, 0.3) is 0 Å². The van der Waals surface area contributed by atoms with Gasteiger partial charge in [-0.05, 0) is 42.2 Å². The molecule has 1 N–H and O–H groups in total. The number of nitrogens with zero attached hydrogens (tertiary/aromatic N) is 1. The maximum atomic E-state index is 12.3. The lowest BCUT2D eigenvalue weighted by atomic mass is 9.91. The van der Waals surface area contributed by atoms with Crippen LogP contribution in [-0.2, 0) is 17.8 Å². The molecule has 1 aliphatic rings. The molecule has 0 saturated carbocycles. The standard InChI is InChI=1S/C24H32N2O3/c1-16(2)24(27)25-14-21-20-13-23(29-5)22(28-4)12-19(20)9-10-26(21)15-18-8-6-7-17(3)11-18/h6-8,11-13,16,21H,9-10,14-15H2,1-5H3,(H,25,27)/t21-/m1/s1. The lowest BCUT2D eigenvalue weighted by Crippen LogP contribution is -2.42. The van der Waals surface area contributed by atoms with E-state index >= 15 is 0 Å². The van der Waals surface area contributed by atoms with Gasteiger partial charge in [-0.3, -0.25) is 9.69 Å². The third-order valence-electron chi connectivity index (χ3n) is 5.58. The van der Waals surface area contributed by atoms with Crippen molar-refractivity contribution in [2.45, 2.75) is 39.8 Å². The third-order valence-corrected chi connectivity index (χ3v) is 5.58. The summed E-state index contributed by atoms with van der Waals surface area (Å²) >= 11 is 0. The molecule has 0 aromatic heterocycles. The zero-order valence-electron chi connectivity index (χ0n) is 18.1. The third kappa shape index (κ3) is 4.91. The van der Waals surface area contributed by atoms with Gasteiger partial charge >= 0.3 is 0 Å². The molecule has 1 atom stereocenters. The van der Waals surface area contributed by atoms with E-state index in [0.29, 0.717) is 6.54 Å². The second kappa shape index (κ2) is 9.31. The van der Waals surface area contributed by atoms with E-state index in [1.54, 1.807) is 14.2 Å². The molecular weight excluding hydrogens is 364 g/mol. The summed E-state index contributed by atoms with van der Waals surface area (Å²) in [6.07, 6.45) is 0.941. The van der Waals surface area contributed by atoms with E-state index in [2.05, 4.69) is 53.5 Å². The molecule has 2 aromatic carbocycles. The molecule has 0 spiro atoms. The van der Waals surface area contributed by atoms with Crippen molar-refractivity contribution in [3.05, 3.63) is 58.7 Å². The van der Waals surface area contributed by atoms with Crippen molar-refractivity contribution in [3.63, 3.8) is 0 Å². The van der Waals surface area contributed by atoms with E-state index in [1.165, 1.54) is 22.3 Å². The second-order valence-corrected chi connectivity index (χ2v) is 8.03. The van der Waals surface area contributed by atoms with Gasteiger partial charge in [0.05, 0.1) is 20.3 Å². The fourth-order valence-corrected chi connectivity index (χ4v) is 3.95. The summed E-state index contributed by atoms with van der Waals surface area (Å²) in [7, 11) is 3.32. The number of methoxy groups -OCH3 is 2. The number of fused-ring (bicyclic) bond motifs is 1. The Morgan fingerprint density at radius 1 is 1.17 bits per heavy atom. The van der Waals surface area contributed by atoms with Crippen LogP contribution >= 0.6 is 0 Å². The van der Waals surface area contributed by atoms with Gasteiger partial charge in [0, 0.05) is 25.6 Å². The highest BCUT2D eigenvalue weighted by atomic mass is 16.5. The number of rotatable bonds is 7. The molecule has 0 unspecified atom stereocenters. The fraction of sp³-hybridized carbons (Fsp3) is 0.458. The first kappa shape index (κ1) is 21.2. The van der Waals surface area contributed by atoms with Crippen molar-refractivity contribution in [2.75, 3.05) is 27.3 Å². The predicted molar refractivity (Wildman–Crippen MR) is 115 cm³/mol. The maximum Gasteiger partial charge on any atom is 0.222 e. The molecule has 156 valence electrons. The van der Waals surface area contributed by atoms with Crippen molar-refractivity contribution in [1.29, 1.82) is 0 Å². The molecule has 5 nitrogen and oxygen atoms in total. The molecule has 2 aromatic rings. The van der Waals surface area contributed by atoms with Gasteiger partial charge < -0.3 is 14.8 Å². The normalized spacial score (nSPS) is 16.4. The summed E-state index contributed by atoms with van der Waals surface area (Å²) in [6.45, 7) is 8.30. The number of carbonyl (C=O) groups excluding carboxylic acids is 1. The lowest BCUT2D eigenvalue weighted by molar-refractivity contribution is -0.124. The largest absolute Gasteiger partial charge is 0.493 e. The molecule has 3 rings (SSSR count). The molecule has 0 radical (unpaired) electrons. The molecule has 5 heteroatoms. The van der Waals surface area contributed by atoms with Crippen molar-refractivity contribution < 1.29 is 14.3 Å². The molecular formula is C24H32N2O3. The average molecular weight is 397 g/mol. The lowest BCUT2D eigenvalue weighted by Gasteiger charge is -2.38. The van der Waals surface area contributed by atoms with Crippen molar-refractivity contribution >= 4 is 5.91 Å². The molecule has 0 saturated heterocycles. The number of carbonyl (C=O) groups is 1. The van der Waals surface area contributed by atoms with E-state index in [4.69, 9.17) is 9.47 Å². The number of hydrogen-bond acceptors (Lipinski definition) is 4. The van der Waals surface area contributed by atoms with Gasteiger partial charge in [0.25, 0.3) is 0 Å². The van der Waals surface area contributed by atoms with Crippen LogP contribution in [0.4, 0.5) is 0 Å². The Bertz CT molecular complexity index is 863. The Morgan fingerprint density at radius 3 is 2.55 bits per heavy atom. The summed E-state index contributed by atoms with van der Waals surface area (Å²) in [5.74, 6) is 1.52. The van der Waals surface area contributed by atoms with Crippen LogP contribution in [0.5, 0.6) is 11.5 Å². The minimum Gasteiger partial charge on any atom is -0.493 e. The first-order valence-corrected chi connectivity index (χ1v) is 10.2. The van der Waals surface area contributed by atoms with Crippen LogP contribution < -0.4 is 14.8 Å². The van der Waals surface area contributed by atoms with Gasteiger partial charge in [-0.25, -0.2) is 0 Å². The summed E-state index contributed by atoms with van der Waals surface area (Å²) < 4.78 is 11.0. The van der Waals surface area contributed by atoms with Gasteiger partial charge in [0.15, 0.2) is 11.5 Å². The monoisotopic (exact) mass is 396 g/mol. The van der Waals surface area contributed by atoms with Gasteiger partial charge in [-0.15, -0.1) is 0 Å². The molecule has 1 heterocycles. The minimum absolute atomic E-state index is 0.0336. The molecule has 0 fully saturated rings. The summed E-state index contributed by atoms with van der Waals surface area (Å²) in [4.78, 5) is 14.7. The van der Waals surface area contributed by atoms with Crippen LogP contribution in [0, 0.1) is 12.8 Å². The molecule has 0 aliphatic carbocycles. The zero-order valence-corrected chi connectivity index (χ0v) is 18.1. The van der Waals surface area contributed by atoms with Crippen LogP contribution in [0.3, 0.4) is 0 Å². The fourth-order valence-electron chi connectivity index (χ4n) is 3.95. The van der Waals surface area contributed by atoms with Crippen LogP contribution in [-0.4, -0.2) is 38.1 Å². The number of benzene rings is 2. The Kier molecular flexibility index (Phi) is 6.80. The van der Waals surface area contributed by atoms with E-state index in [9.17, 15) is 4.79 Å². The first-order chi connectivity index (χ1) is 13.9. The number of amides is 1. The highest BCUT2D eigenvalue weighted by Crippen LogP contribution is 2.38. The van der Waals surface area contributed by atoms with E-state index in [0.717, 1.165) is 31.0 Å². The second-order valence-electron chi connectivity index (χ2n) is 8.03. The van der Waals surface area contributed by atoms with E-state index in [1.807, 2.05) is 13.8 Å². The summed E-state index contributed by atoms with van der Waals surface area (Å²) in [5.41, 5.74) is 5.00. The van der Waals surface area contributed by atoms with Gasteiger partial charge in [0.2, 0.25) is 5.91 Å². The Labute approximate surface area is 174 Å². The van der Waals surface area contributed by atoms with E-state index in [-0.39, 0.29) is 17.9 Å². The Hall–Kier alpha value is -2.53. The van der Waals surface area contributed by atoms with Crippen molar-refractivity contribution in [3.8, 4) is 11.5 Å². The van der Waals surface area contributed by atoms with Crippen molar-refractivity contribution in [2.24, 2.45) is 5.92 Å². The average Bonchev–Trinajstić information content (AvgIpc) is 2.71. The first-order valence-electron chi connectivity index (χ1n) is 10.2. The summed E-state index contributed by atoms with van der Waals surface area (Å²) in [5, 5.41) is 3.13. The summed E-state index contributed by atoms with van der Waals surface area (Å²) in [6, 6.07) is 12.9. The zero-order chi connectivity index (χ0) is 21.0. The quantitative estimate of drug-likeness (QED) is 0.772. The van der Waals surface area contributed by atoms with Crippen LogP contribution in [0.15, 0.2) is 36.4 Å². The van der Waals surface area contributed by atoms with Gasteiger partial charge in [-0.2, -0.15) is 0 Å². The number of ether oxygens (including phenoxy) is 2. The maximum absolute atomic E-state index is 12.3. The van der Waals surface area contributed by atoms with Crippen LogP contribution in [0.1, 0.15) is 42.1 Å². The SMILES string of the molecule is COc1cc2c(cc1OC)[C@@H](CNC(=O)C(C)C)N(Cc1cccc(C)c1)CC2. The number of aryl methyl sites for hydroxylation is 1. The van der Waals surface area contributed by atoms with Gasteiger partial charge in [0.1, 0.15) is 0 Å². The molecule has 1 aliphatic heterocycles. The van der Waals surface area contributed by atoms with Crippen molar-refractivity contribution in [1.82, 2.24) is 10.2 Å². The van der Waals surface area contributed by atoms with E-state index < -0.39 is 0 Å².